The van der Waals surface area contributed by atoms with Gasteiger partial charge in [0.2, 0.25) is 0 Å². The molecular formula is C16H19NOS. The summed E-state index contributed by atoms with van der Waals surface area (Å²) < 4.78 is 0. The van der Waals surface area contributed by atoms with Crippen molar-refractivity contribution >= 4 is 11.8 Å². The van der Waals surface area contributed by atoms with Crippen LogP contribution in [0.3, 0.4) is 0 Å². The molecule has 2 nitrogen and oxygen atoms in total. The fourth-order valence-corrected chi connectivity index (χ4v) is 2.88. The van der Waals surface area contributed by atoms with Crippen molar-refractivity contribution in [2.45, 2.75) is 11.6 Å². The largest absolute Gasteiger partial charge is 0.379 e. The van der Waals surface area contributed by atoms with Crippen molar-refractivity contribution in [2.75, 3.05) is 12.0 Å². The van der Waals surface area contributed by atoms with E-state index in [4.69, 9.17) is 5.73 Å². The van der Waals surface area contributed by atoms with Crippen molar-refractivity contribution in [2.24, 2.45) is 5.73 Å². The molecule has 2 aromatic carbocycles. The van der Waals surface area contributed by atoms with Crippen molar-refractivity contribution in [3.63, 3.8) is 0 Å². The Bertz CT molecular complexity index is 461. The lowest BCUT2D eigenvalue weighted by atomic mass is 9.81. The molecule has 2 aromatic rings. The number of benzene rings is 2. The molecule has 0 fully saturated rings. The van der Waals surface area contributed by atoms with Crippen LogP contribution in [0.15, 0.2) is 60.7 Å². The van der Waals surface area contributed by atoms with Gasteiger partial charge in [0.05, 0.1) is 6.04 Å². The van der Waals surface area contributed by atoms with E-state index in [9.17, 15) is 5.11 Å². The minimum atomic E-state index is -1.15. The van der Waals surface area contributed by atoms with Gasteiger partial charge in [0.25, 0.3) is 0 Å². The number of thioether (sulfide) groups is 1. The lowest BCUT2D eigenvalue weighted by Crippen LogP contribution is -2.48. The van der Waals surface area contributed by atoms with Crippen LogP contribution in [0.5, 0.6) is 0 Å². The first-order valence-electron chi connectivity index (χ1n) is 6.27. The molecule has 0 aromatic heterocycles. The summed E-state index contributed by atoms with van der Waals surface area (Å²) in [5.41, 5.74) is 6.78. The number of rotatable bonds is 5. The van der Waals surface area contributed by atoms with E-state index in [1.54, 1.807) is 11.8 Å². The lowest BCUT2D eigenvalue weighted by molar-refractivity contribution is 0.0595. The third kappa shape index (κ3) is 2.84. The summed E-state index contributed by atoms with van der Waals surface area (Å²) in [5, 5.41) is 11.2. The highest BCUT2D eigenvalue weighted by Crippen LogP contribution is 2.33. The highest BCUT2D eigenvalue weighted by atomic mass is 32.2. The van der Waals surface area contributed by atoms with Gasteiger partial charge in [-0.1, -0.05) is 60.7 Å². The first-order valence-corrected chi connectivity index (χ1v) is 7.67. The van der Waals surface area contributed by atoms with Crippen LogP contribution in [0, 0.1) is 0 Å². The van der Waals surface area contributed by atoms with Crippen LogP contribution in [0.4, 0.5) is 0 Å². The summed E-state index contributed by atoms with van der Waals surface area (Å²) in [6, 6.07) is 18.9. The van der Waals surface area contributed by atoms with Gasteiger partial charge in [-0.2, -0.15) is 11.8 Å². The van der Waals surface area contributed by atoms with Gasteiger partial charge < -0.3 is 10.8 Å². The molecule has 2 rings (SSSR count). The third-order valence-corrected chi connectivity index (χ3v) is 4.00. The van der Waals surface area contributed by atoms with Crippen molar-refractivity contribution in [1.29, 1.82) is 0 Å². The van der Waals surface area contributed by atoms with E-state index >= 15 is 0 Å². The predicted molar refractivity (Wildman–Crippen MR) is 82.2 cm³/mol. The maximum atomic E-state index is 11.2. The molecule has 0 bridgehead atoms. The second kappa shape index (κ2) is 6.24. The van der Waals surface area contributed by atoms with Gasteiger partial charge in [0, 0.05) is 5.75 Å². The minimum Gasteiger partial charge on any atom is -0.379 e. The Hall–Kier alpha value is -1.29. The lowest BCUT2D eigenvalue weighted by Gasteiger charge is -2.34. The van der Waals surface area contributed by atoms with Gasteiger partial charge in [0.15, 0.2) is 0 Å². The summed E-state index contributed by atoms with van der Waals surface area (Å²) >= 11 is 1.64. The van der Waals surface area contributed by atoms with Gasteiger partial charge in [-0.05, 0) is 17.4 Å². The normalized spacial score (nSPS) is 13.2. The van der Waals surface area contributed by atoms with Crippen LogP contribution in [-0.4, -0.2) is 23.2 Å². The topological polar surface area (TPSA) is 46.2 Å². The number of hydrogen-bond acceptors (Lipinski definition) is 3. The molecule has 19 heavy (non-hydrogen) atoms. The fraction of sp³-hybridized carbons (Fsp3) is 0.250. The molecule has 3 heteroatoms. The van der Waals surface area contributed by atoms with Crippen LogP contribution in [0.25, 0.3) is 0 Å². The second-order valence-electron chi connectivity index (χ2n) is 4.56. The molecule has 1 atom stereocenters. The van der Waals surface area contributed by atoms with E-state index in [2.05, 4.69) is 0 Å². The van der Waals surface area contributed by atoms with Crippen LogP contribution in [0.1, 0.15) is 11.1 Å². The minimum absolute atomic E-state index is 0.354. The number of aliphatic hydroxyl groups is 1. The molecule has 0 aliphatic rings. The Morgan fingerprint density at radius 2 is 1.42 bits per heavy atom. The van der Waals surface area contributed by atoms with E-state index in [-0.39, 0.29) is 6.04 Å². The van der Waals surface area contributed by atoms with E-state index in [1.165, 1.54) is 0 Å². The second-order valence-corrected chi connectivity index (χ2v) is 5.47. The molecule has 1 unspecified atom stereocenters. The van der Waals surface area contributed by atoms with Crippen LogP contribution in [0.2, 0.25) is 0 Å². The Morgan fingerprint density at radius 3 is 1.79 bits per heavy atom. The average Bonchev–Trinajstić information content (AvgIpc) is 2.48. The molecule has 0 saturated heterocycles. The Morgan fingerprint density at radius 1 is 1.00 bits per heavy atom. The van der Waals surface area contributed by atoms with E-state index in [0.717, 1.165) is 11.1 Å². The highest BCUT2D eigenvalue weighted by Gasteiger charge is 2.37. The summed E-state index contributed by atoms with van der Waals surface area (Å²) in [7, 11) is 0. The van der Waals surface area contributed by atoms with Crippen LogP contribution in [-0.2, 0) is 5.60 Å². The maximum absolute atomic E-state index is 11.2. The summed E-state index contributed by atoms with van der Waals surface area (Å²) in [5.74, 6) is 0.695. The van der Waals surface area contributed by atoms with E-state index in [0.29, 0.717) is 5.75 Å². The number of nitrogens with two attached hydrogens (primary N) is 1. The molecule has 0 amide bonds. The van der Waals surface area contributed by atoms with Crippen LogP contribution >= 0.6 is 11.8 Å². The smallest absolute Gasteiger partial charge is 0.130 e. The van der Waals surface area contributed by atoms with Gasteiger partial charge in [-0.25, -0.2) is 0 Å². The van der Waals surface area contributed by atoms with Crippen molar-refractivity contribution < 1.29 is 5.11 Å². The molecule has 0 saturated carbocycles. The average molecular weight is 273 g/mol. The monoisotopic (exact) mass is 273 g/mol. The molecule has 0 radical (unpaired) electrons. The molecular weight excluding hydrogens is 254 g/mol. The van der Waals surface area contributed by atoms with Crippen molar-refractivity contribution in [1.82, 2.24) is 0 Å². The molecule has 0 aliphatic carbocycles. The van der Waals surface area contributed by atoms with E-state index in [1.807, 2.05) is 66.9 Å². The van der Waals surface area contributed by atoms with E-state index < -0.39 is 5.60 Å². The molecule has 3 N–H and O–H groups in total. The van der Waals surface area contributed by atoms with Gasteiger partial charge >= 0.3 is 0 Å². The SMILES string of the molecule is CSCC(N)C(O)(c1ccccc1)c1ccccc1. The zero-order chi connectivity index (χ0) is 13.7. The zero-order valence-corrected chi connectivity index (χ0v) is 11.8. The quantitative estimate of drug-likeness (QED) is 0.880. The molecule has 100 valence electrons. The summed E-state index contributed by atoms with van der Waals surface area (Å²) in [6.45, 7) is 0. The molecule has 0 aliphatic heterocycles. The predicted octanol–water partition coefficient (Wildman–Crippen LogP) is 2.61. The highest BCUT2D eigenvalue weighted by molar-refractivity contribution is 7.98. The first-order chi connectivity index (χ1) is 9.19. The van der Waals surface area contributed by atoms with Crippen LogP contribution < -0.4 is 5.73 Å². The first kappa shape index (κ1) is 14.1. The zero-order valence-electron chi connectivity index (χ0n) is 11.0. The molecule has 0 heterocycles. The van der Waals surface area contributed by atoms with Gasteiger partial charge in [-0.15, -0.1) is 0 Å². The van der Waals surface area contributed by atoms with Crippen molar-refractivity contribution in [3.05, 3.63) is 71.8 Å². The summed E-state index contributed by atoms with van der Waals surface area (Å²) in [6.07, 6.45) is 2.00. The van der Waals surface area contributed by atoms with Gasteiger partial charge in [-0.3, -0.25) is 0 Å². The van der Waals surface area contributed by atoms with Gasteiger partial charge in [0.1, 0.15) is 5.60 Å². The fourth-order valence-electron chi connectivity index (χ4n) is 2.28. The Labute approximate surface area is 118 Å². The summed E-state index contributed by atoms with van der Waals surface area (Å²) in [4.78, 5) is 0. The number of hydrogen-bond donors (Lipinski definition) is 2. The third-order valence-electron chi connectivity index (χ3n) is 3.31. The Balaban J connectivity index is 2.51. The standard InChI is InChI=1S/C16H19NOS/c1-19-12-15(17)16(18,13-8-4-2-5-9-13)14-10-6-3-7-11-14/h2-11,15,18H,12,17H2,1H3. The Kier molecular flexibility index (Phi) is 4.64. The van der Waals surface area contributed by atoms with Crippen molar-refractivity contribution in [3.8, 4) is 0 Å². The molecule has 0 spiro atoms. The maximum Gasteiger partial charge on any atom is 0.130 e.